The van der Waals surface area contributed by atoms with E-state index in [2.05, 4.69) is 13.0 Å². The molecule has 0 bridgehead atoms. The van der Waals surface area contributed by atoms with E-state index in [1.807, 2.05) is 30.0 Å². The Morgan fingerprint density at radius 2 is 2.33 bits per heavy atom. The van der Waals surface area contributed by atoms with Crippen molar-refractivity contribution in [1.82, 2.24) is 0 Å². The summed E-state index contributed by atoms with van der Waals surface area (Å²) >= 11 is 1.89. The van der Waals surface area contributed by atoms with Crippen molar-refractivity contribution in [2.24, 2.45) is 0 Å². The van der Waals surface area contributed by atoms with Gasteiger partial charge in [-0.05, 0) is 25.5 Å². The van der Waals surface area contributed by atoms with Gasteiger partial charge in [-0.1, -0.05) is 12.1 Å². The summed E-state index contributed by atoms with van der Waals surface area (Å²) in [6.45, 7) is 3.63. The van der Waals surface area contributed by atoms with Crippen LogP contribution in [0, 0.1) is 11.3 Å². The van der Waals surface area contributed by atoms with Gasteiger partial charge in [-0.15, -0.1) is 0 Å². The Morgan fingerprint density at radius 1 is 1.50 bits per heavy atom. The first-order valence-corrected chi connectivity index (χ1v) is 7.21. The molecule has 2 rings (SSSR count). The van der Waals surface area contributed by atoms with E-state index in [9.17, 15) is 0 Å². The van der Waals surface area contributed by atoms with E-state index >= 15 is 0 Å². The molecule has 0 N–H and O–H groups in total. The monoisotopic (exact) mass is 263 g/mol. The van der Waals surface area contributed by atoms with Crippen molar-refractivity contribution >= 4 is 11.8 Å². The van der Waals surface area contributed by atoms with Crippen LogP contribution < -0.4 is 4.74 Å². The van der Waals surface area contributed by atoms with Crippen molar-refractivity contribution in [3.63, 3.8) is 0 Å². The van der Waals surface area contributed by atoms with E-state index in [1.165, 1.54) is 0 Å². The van der Waals surface area contributed by atoms with E-state index in [1.54, 1.807) is 6.07 Å². The maximum atomic E-state index is 8.93. The van der Waals surface area contributed by atoms with Crippen LogP contribution in [0.2, 0.25) is 0 Å². The van der Waals surface area contributed by atoms with E-state index in [-0.39, 0.29) is 0 Å². The molecule has 18 heavy (non-hydrogen) atoms. The van der Waals surface area contributed by atoms with Gasteiger partial charge in [-0.25, -0.2) is 0 Å². The Bertz CT molecular complexity index is 430. The summed E-state index contributed by atoms with van der Waals surface area (Å²) in [6, 6.07) is 9.47. The van der Waals surface area contributed by atoms with E-state index in [0.717, 1.165) is 18.8 Å². The van der Waals surface area contributed by atoms with Gasteiger partial charge in [-0.2, -0.15) is 17.0 Å². The van der Waals surface area contributed by atoms with E-state index < -0.39 is 0 Å². The Hall–Kier alpha value is -1.18. The largest absolute Gasteiger partial charge is 0.491 e. The lowest BCUT2D eigenvalue weighted by Gasteiger charge is -2.13. The second-order valence-corrected chi connectivity index (χ2v) is 5.58. The zero-order chi connectivity index (χ0) is 12.8. The maximum Gasteiger partial charge on any atom is 0.137 e. The molecule has 0 amide bonds. The molecule has 1 aliphatic rings. The molecular formula is C14H17NO2S. The molecule has 0 saturated carbocycles. The quantitative estimate of drug-likeness (QED) is 0.766. The van der Waals surface area contributed by atoms with E-state index in [0.29, 0.717) is 29.3 Å². The topological polar surface area (TPSA) is 42.2 Å². The van der Waals surface area contributed by atoms with Crippen LogP contribution in [-0.4, -0.2) is 30.3 Å². The molecule has 1 saturated heterocycles. The number of nitrogens with zero attached hydrogens (tertiary/aromatic N) is 1. The number of rotatable bonds is 5. The summed E-state index contributed by atoms with van der Waals surface area (Å²) in [5.41, 5.74) is 0.597. The molecule has 1 heterocycles. The normalized spacial score (nSPS) is 22.7. The summed E-state index contributed by atoms with van der Waals surface area (Å²) in [5, 5.41) is 9.51. The highest BCUT2D eigenvalue weighted by atomic mass is 32.2. The highest BCUT2D eigenvalue weighted by molar-refractivity contribution is 8.00. The fraction of sp³-hybridized carbons (Fsp3) is 0.500. The third kappa shape index (κ3) is 3.41. The molecule has 2 unspecified atom stereocenters. The van der Waals surface area contributed by atoms with Crippen LogP contribution >= 0.6 is 11.8 Å². The molecule has 1 aromatic rings. The Morgan fingerprint density at radius 3 is 3.06 bits per heavy atom. The molecule has 1 aliphatic heterocycles. The average Bonchev–Trinajstić information content (AvgIpc) is 2.81. The number of hydrogen-bond donors (Lipinski definition) is 0. The van der Waals surface area contributed by atoms with Crippen LogP contribution in [0.5, 0.6) is 5.75 Å². The van der Waals surface area contributed by atoms with Crippen molar-refractivity contribution < 1.29 is 9.47 Å². The summed E-state index contributed by atoms with van der Waals surface area (Å²) in [6.07, 6.45) is 1.47. The molecular weight excluding hydrogens is 246 g/mol. The fourth-order valence-corrected chi connectivity index (χ4v) is 3.06. The minimum absolute atomic E-state index is 0.349. The Balaban J connectivity index is 1.74. The Kier molecular flexibility index (Phi) is 4.91. The van der Waals surface area contributed by atoms with Crippen LogP contribution in [-0.2, 0) is 4.74 Å². The highest BCUT2D eigenvalue weighted by Crippen LogP contribution is 2.26. The number of hydrogen-bond acceptors (Lipinski definition) is 4. The lowest BCUT2D eigenvalue weighted by Crippen LogP contribution is -2.15. The lowest BCUT2D eigenvalue weighted by molar-refractivity contribution is 0.127. The summed E-state index contributed by atoms with van der Waals surface area (Å²) in [7, 11) is 0. The number of ether oxygens (including phenoxy) is 2. The second-order valence-electron chi connectivity index (χ2n) is 4.23. The molecule has 0 aliphatic carbocycles. The van der Waals surface area contributed by atoms with Gasteiger partial charge in [0.2, 0.25) is 0 Å². The van der Waals surface area contributed by atoms with Crippen molar-refractivity contribution in [3.8, 4) is 11.8 Å². The fourth-order valence-electron chi connectivity index (χ4n) is 1.97. The summed E-state index contributed by atoms with van der Waals surface area (Å²) in [5.74, 6) is 1.61. The number of benzene rings is 1. The highest BCUT2D eigenvalue weighted by Gasteiger charge is 2.24. The minimum atomic E-state index is 0.349. The first-order chi connectivity index (χ1) is 8.81. The van der Waals surface area contributed by atoms with Crippen molar-refractivity contribution in [3.05, 3.63) is 29.8 Å². The Labute approximate surface area is 112 Å². The molecule has 3 nitrogen and oxygen atoms in total. The number of nitriles is 1. The summed E-state index contributed by atoms with van der Waals surface area (Å²) < 4.78 is 11.2. The van der Waals surface area contributed by atoms with Gasteiger partial charge in [-0.3, -0.25) is 0 Å². The molecule has 96 valence electrons. The summed E-state index contributed by atoms with van der Waals surface area (Å²) in [4.78, 5) is 0. The van der Waals surface area contributed by atoms with Gasteiger partial charge >= 0.3 is 0 Å². The van der Waals surface area contributed by atoms with Crippen molar-refractivity contribution in [2.45, 2.75) is 24.7 Å². The molecule has 2 atom stereocenters. The lowest BCUT2D eigenvalue weighted by atomic mass is 10.2. The zero-order valence-corrected chi connectivity index (χ0v) is 11.3. The first kappa shape index (κ1) is 13.3. The van der Waals surface area contributed by atoms with Crippen molar-refractivity contribution in [1.29, 1.82) is 5.26 Å². The minimum Gasteiger partial charge on any atom is -0.491 e. The third-order valence-electron chi connectivity index (χ3n) is 2.99. The molecule has 0 spiro atoms. The second kappa shape index (κ2) is 6.67. The predicted octanol–water partition coefficient (Wildman–Crippen LogP) is 2.85. The van der Waals surface area contributed by atoms with Gasteiger partial charge in [0.1, 0.15) is 11.8 Å². The third-order valence-corrected chi connectivity index (χ3v) is 4.44. The predicted molar refractivity (Wildman–Crippen MR) is 72.9 cm³/mol. The molecule has 1 fully saturated rings. The van der Waals surface area contributed by atoms with Gasteiger partial charge in [0, 0.05) is 17.6 Å². The molecule has 0 aromatic heterocycles. The van der Waals surface area contributed by atoms with Crippen LogP contribution in [0.25, 0.3) is 0 Å². The maximum absolute atomic E-state index is 8.93. The first-order valence-electron chi connectivity index (χ1n) is 6.16. The smallest absolute Gasteiger partial charge is 0.137 e. The van der Waals surface area contributed by atoms with Crippen molar-refractivity contribution in [2.75, 3.05) is 19.0 Å². The van der Waals surface area contributed by atoms with Crippen LogP contribution in [0.15, 0.2) is 24.3 Å². The van der Waals surface area contributed by atoms with Gasteiger partial charge in [0.05, 0.1) is 18.3 Å². The van der Waals surface area contributed by atoms with Gasteiger partial charge < -0.3 is 9.47 Å². The van der Waals surface area contributed by atoms with Crippen LogP contribution in [0.4, 0.5) is 0 Å². The van der Waals surface area contributed by atoms with Gasteiger partial charge in [0.25, 0.3) is 0 Å². The molecule has 4 heteroatoms. The molecule has 1 aromatic carbocycles. The average molecular weight is 263 g/mol. The van der Waals surface area contributed by atoms with Crippen LogP contribution in [0.3, 0.4) is 0 Å². The van der Waals surface area contributed by atoms with Gasteiger partial charge in [0.15, 0.2) is 0 Å². The number of para-hydroxylation sites is 1. The van der Waals surface area contributed by atoms with E-state index in [4.69, 9.17) is 14.7 Å². The SMILES string of the molecule is CC1OCCC1SCCOc1ccccc1C#N. The zero-order valence-electron chi connectivity index (χ0n) is 10.5. The van der Waals surface area contributed by atoms with Crippen LogP contribution in [0.1, 0.15) is 18.9 Å². The number of thioether (sulfide) groups is 1. The molecule has 0 radical (unpaired) electrons. The standard InChI is InChI=1S/C14H17NO2S/c1-11-14(6-7-16-11)18-9-8-17-13-5-3-2-4-12(13)10-15/h2-5,11,14H,6-9H2,1H3.